The Morgan fingerprint density at radius 2 is 1.85 bits per heavy atom. The summed E-state index contributed by atoms with van der Waals surface area (Å²) in [5.41, 5.74) is 0.0406. The highest BCUT2D eigenvalue weighted by molar-refractivity contribution is 5.71. The predicted octanol–water partition coefficient (Wildman–Crippen LogP) is 1.06. The van der Waals surface area contributed by atoms with Crippen LogP contribution < -0.4 is 9.80 Å². The molecule has 9 heteroatoms. The Balaban J connectivity index is 1.85. The van der Waals surface area contributed by atoms with Gasteiger partial charge in [-0.3, -0.25) is 10.1 Å². The molecule has 0 aliphatic carbocycles. The molecule has 2 aliphatic rings. The molecule has 2 fully saturated rings. The standard InChI is InChI=1S/C17H29N7O2/c1-4-22-9-11-23(12-10-22)17-15(24(25)26)16(18-13-19-17)21(3)14-5-7-20(2)8-6-14/h13-14H,4-12H2,1-3H3. The molecule has 0 atom stereocenters. The molecule has 1 aromatic rings. The Kier molecular flexibility index (Phi) is 5.87. The number of nitrogens with zero attached hydrogens (tertiary/aromatic N) is 7. The first kappa shape index (κ1) is 18.8. The van der Waals surface area contributed by atoms with Crippen LogP contribution in [0.15, 0.2) is 6.33 Å². The molecule has 9 nitrogen and oxygen atoms in total. The minimum atomic E-state index is -0.317. The van der Waals surface area contributed by atoms with E-state index in [1.54, 1.807) is 0 Å². The van der Waals surface area contributed by atoms with E-state index in [1.165, 1.54) is 6.33 Å². The third-order valence-electron chi connectivity index (χ3n) is 5.66. The van der Waals surface area contributed by atoms with Gasteiger partial charge in [-0.05, 0) is 39.5 Å². The number of anilines is 2. The van der Waals surface area contributed by atoms with Crippen LogP contribution in [0.4, 0.5) is 17.3 Å². The summed E-state index contributed by atoms with van der Waals surface area (Å²) in [5, 5.41) is 11.9. The monoisotopic (exact) mass is 363 g/mol. The number of hydrogen-bond donors (Lipinski definition) is 0. The van der Waals surface area contributed by atoms with Gasteiger partial charge >= 0.3 is 5.69 Å². The van der Waals surface area contributed by atoms with Crippen molar-refractivity contribution in [3.63, 3.8) is 0 Å². The number of likely N-dealkylation sites (N-methyl/N-ethyl adjacent to an activating group) is 1. The molecule has 0 radical (unpaired) electrons. The van der Waals surface area contributed by atoms with Crippen LogP contribution in [0.3, 0.4) is 0 Å². The highest BCUT2D eigenvalue weighted by Crippen LogP contribution is 2.35. The fourth-order valence-electron chi connectivity index (χ4n) is 3.84. The van der Waals surface area contributed by atoms with E-state index in [1.807, 2.05) is 16.8 Å². The fraction of sp³-hybridized carbons (Fsp3) is 0.765. The van der Waals surface area contributed by atoms with Gasteiger partial charge in [0.2, 0.25) is 11.6 Å². The molecule has 0 bridgehead atoms. The summed E-state index contributed by atoms with van der Waals surface area (Å²) in [6.07, 6.45) is 3.44. The Morgan fingerprint density at radius 3 is 2.42 bits per heavy atom. The van der Waals surface area contributed by atoms with Crippen molar-refractivity contribution in [2.75, 3.05) is 69.7 Å². The molecular formula is C17H29N7O2. The molecule has 0 spiro atoms. The summed E-state index contributed by atoms with van der Waals surface area (Å²) < 4.78 is 0. The lowest BCUT2D eigenvalue weighted by Gasteiger charge is -2.36. The second-order valence-corrected chi connectivity index (χ2v) is 7.19. The van der Waals surface area contributed by atoms with E-state index in [-0.39, 0.29) is 16.7 Å². The molecular weight excluding hydrogens is 334 g/mol. The first-order valence-electron chi connectivity index (χ1n) is 9.39. The second-order valence-electron chi connectivity index (χ2n) is 7.19. The van der Waals surface area contributed by atoms with Crippen molar-refractivity contribution >= 4 is 17.3 Å². The van der Waals surface area contributed by atoms with Gasteiger partial charge in [0.15, 0.2) is 0 Å². The lowest BCUT2D eigenvalue weighted by atomic mass is 10.0. The molecule has 26 heavy (non-hydrogen) atoms. The van der Waals surface area contributed by atoms with Crippen LogP contribution in [0.25, 0.3) is 0 Å². The van der Waals surface area contributed by atoms with Crippen molar-refractivity contribution in [1.29, 1.82) is 0 Å². The maximum absolute atomic E-state index is 11.9. The summed E-state index contributed by atoms with van der Waals surface area (Å²) in [4.78, 5) is 28.8. The third-order valence-corrected chi connectivity index (χ3v) is 5.66. The highest BCUT2D eigenvalue weighted by Gasteiger charge is 2.33. The van der Waals surface area contributed by atoms with Crippen LogP contribution in [-0.2, 0) is 0 Å². The van der Waals surface area contributed by atoms with Crippen molar-refractivity contribution in [1.82, 2.24) is 19.8 Å². The summed E-state index contributed by atoms with van der Waals surface area (Å²) in [7, 11) is 4.03. The lowest BCUT2D eigenvalue weighted by molar-refractivity contribution is -0.383. The van der Waals surface area contributed by atoms with Crippen LogP contribution in [0.2, 0.25) is 0 Å². The van der Waals surface area contributed by atoms with Crippen LogP contribution in [0.5, 0.6) is 0 Å². The van der Waals surface area contributed by atoms with Gasteiger partial charge in [-0.15, -0.1) is 0 Å². The zero-order chi connectivity index (χ0) is 18.7. The summed E-state index contributed by atoms with van der Waals surface area (Å²) >= 11 is 0. The Bertz CT molecular complexity index is 626. The van der Waals surface area contributed by atoms with E-state index in [0.717, 1.165) is 58.7 Å². The quantitative estimate of drug-likeness (QED) is 0.567. The normalized spacial score (nSPS) is 20.3. The average molecular weight is 363 g/mol. The molecule has 1 aromatic heterocycles. The Morgan fingerprint density at radius 1 is 1.19 bits per heavy atom. The van der Waals surface area contributed by atoms with Crippen LogP contribution in [-0.4, -0.2) is 90.6 Å². The molecule has 3 rings (SSSR count). The SMILES string of the molecule is CCN1CCN(c2ncnc(N(C)C3CCN(C)CC3)c2[N+](=O)[O-])CC1. The molecule has 0 saturated carbocycles. The summed E-state index contributed by atoms with van der Waals surface area (Å²) in [6.45, 7) is 8.45. The van der Waals surface area contributed by atoms with Gasteiger partial charge in [0.25, 0.3) is 0 Å². The second kappa shape index (κ2) is 8.13. The summed E-state index contributed by atoms with van der Waals surface area (Å²) in [6, 6.07) is 0.268. The number of rotatable bonds is 5. The number of piperidine rings is 1. The third kappa shape index (κ3) is 3.88. The molecule has 0 N–H and O–H groups in total. The topological polar surface area (TPSA) is 81.9 Å². The minimum absolute atomic E-state index is 0.0406. The van der Waals surface area contributed by atoms with Gasteiger partial charge in [-0.1, -0.05) is 6.92 Å². The van der Waals surface area contributed by atoms with E-state index in [4.69, 9.17) is 0 Å². The van der Waals surface area contributed by atoms with E-state index >= 15 is 0 Å². The molecule has 0 amide bonds. The largest absolute Gasteiger partial charge is 0.353 e. The fourth-order valence-corrected chi connectivity index (χ4v) is 3.84. The maximum Gasteiger partial charge on any atom is 0.353 e. The molecule has 3 heterocycles. The molecule has 2 saturated heterocycles. The molecule has 0 aromatic carbocycles. The maximum atomic E-state index is 11.9. The summed E-state index contributed by atoms with van der Waals surface area (Å²) in [5.74, 6) is 0.892. The van der Waals surface area contributed by atoms with Crippen molar-refractivity contribution < 1.29 is 4.92 Å². The average Bonchev–Trinajstić information content (AvgIpc) is 2.67. The van der Waals surface area contributed by atoms with E-state index in [2.05, 4.69) is 33.7 Å². The number of piperazine rings is 1. The van der Waals surface area contributed by atoms with Crippen LogP contribution in [0.1, 0.15) is 19.8 Å². The zero-order valence-electron chi connectivity index (χ0n) is 16.0. The van der Waals surface area contributed by atoms with Crippen LogP contribution in [0, 0.1) is 10.1 Å². The first-order valence-corrected chi connectivity index (χ1v) is 9.39. The van der Waals surface area contributed by atoms with Gasteiger partial charge in [-0.2, -0.15) is 0 Å². The Labute approximate surface area is 154 Å². The van der Waals surface area contributed by atoms with E-state index < -0.39 is 0 Å². The zero-order valence-corrected chi connectivity index (χ0v) is 16.0. The number of hydrogen-bond acceptors (Lipinski definition) is 8. The minimum Gasteiger partial charge on any atom is -0.351 e. The van der Waals surface area contributed by atoms with Crippen molar-refractivity contribution in [3.8, 4) is 0 Å². The lowest BCUT2D eigenvalue weighted by Crippen LogP contribution is -2.47. The number of likely N-dealkylation sites (tertiary alicyclic amines) is 1. The molecule has 144 valence electrons. The van der Waals surface area contributed by atoms with Gasteiger partial charge < -0.3 is 19.6 Å². The van der Waals surface area contributed by atoms with Gasteiger partial charge in [0.1, 0.15) is 6.33 Å². The van der Waals surface area contributed by atoms with Gasteiger partial charge in [0.05, 0.1) is 4.92 Å². The van der Waals surface area contributed by atoms with Crippen LogP contribution >= 0.6 is 0 Å². The van der Waals surface area contributed by atoms with E-state index in [0.29, 0.717) is 11.6 Å². The van der Waals surface area contributed by atoms with Crippen molar-refractivity contribution in [3.05, 3.63) is 16.4 Å². The number of aromatic nitrogens is 2. The predicted molar refractivity (Wildman–Crippen MR) is 102 cm³/mol. The smallest absolute Gasteiger partial charge is 0.351 e. The first-order chi connectivity index (χ1) is 12.5. The number of nitro groups is 1. The Hall–Kier alpha value is -2.00. The van der Waals surface area contributed by atoms with E-state index in [9.17, 15) is 10.1 Å². The van der Waals surface area contributed by atoms with Crippen molar-refractivity contribution in [2.24, 2.45) is 0 Å². The van der Waals surface area contributed by atoms with Crippen molar-refractivity contribution in [2.45, 2.75) is 25.8 Å². The molecule has 2 aliphatic heterocycles. The molecule has 0 unspecified atom stereocenters. The highest BCUT2D eigenvalue weighted by atomic mass is 16.6. The van der Waals surface area contributed by atoms with Gasteiger partial charge in [-0.25, -0.2) is 9.97 Å². The van der Waals surface area contributed by atoms with Gasteiger partial charge in [0, 0.05) is 39.3 Å².